The molecule has 0 aliphatic heterocycles. The molecule has 0 aromatic rings. The third-order valence-corrected chi connectivity index (χ3v) is 7.44. The molecule has 0 aromatic heterocycles. The van der Waals surface area contributed by atoms with Gasteiger partial charge in [-0.2, -0.15) is 0 Å². The van der Waals surface area contributed by atoms with E-state index < -0.39 is 13.7 Å². The first-order chi connectivity index (χ1) is 10.6. The maximum atomic E-state index is 12.9. The van der Waals surface area contributed by atoms with Gasteiger partial charge in [0.2, 0.25) is 0 Å². The predicted octanol–water partition coefficient (Wildman–Crippen LogP) is 5.14. The standard InChI is InChI=1S/C17H35O4P/c1-4-5-6-7-11-14-16(22(19,20-2)21-3)17(18)15-12-9-8-10-13-15/h15-18H,4-14H2,1-3H3. The molecule has 0 amide bonds. The Morgan fingerprint density at radius 1 is 1.05 bits per heavy atom. The van der Waals surface area contributed by atoms with Gasteiger partial charge in [-0.15, -0.1) is 0 Å². The van der Waals surface area contributed by atoms with Gasteiger partial charge in [0, 0.05) is 14.2 Å². The Morgan fingerprint density at radius 2 is 1.64 bits per heavy atom. The van der Waals surface area contributed by atoms with Crippen molar-refractivity contribution in [1.29, 1.82) is 0 Å². The van der Waals surface area contributed by atoms with E-state index in [0.29, 0.717) is 0 Å². The highest BCUT2D eigenvalue weighted by Gasteiger charge is 2.42. The lowest BCUT2D eigenvalue weighted by molar-refractivity contribution is 0.0676. The molecule has 132 valence electrons. The molecule has 1 N–H and O–H groups in total. The van der Waals surface area contributed by atoms with E-state index in [1.807, 2.05) is 0 Å². The fraction of sp³-hybridized carbons (Fsp3) is 1.00. The summed E-state index contributed by atoms with van der Waals surface area (Å²) in [5.74, 6) is 0.244. The molecule has 1 aliphatic carbocycles. The monoisotopic (exact) mass is 334 g/mol. The van der Waals surface area contributed by atoms with Gasteiger partial charge in [-0.3, -0.25) is 4.57 Å². The van der Waals surface area contributed by atoms with Gasteiger partial charge in [-0.05, 0) is 25.2 Å². The summed E-state index contributed by atoms with van der Waals surface area (Å²) in [5, 5.41) is 10.8. The summed E-state index contributed by atoms with van der Waals surface area (Å²) in [5.41, 5.74) is -0.382. The first-order valence-electron chi connectivity index (χ1n) is 8.98. The van der Waals surface area contributed by atoms with Crippen LogP contribution in [0.5, 0.6) is 0 Å². The van der Waals surface area contributed by atoms with Crippen LogP contribution in [0.4, 0.5) is 0 Å². The predicted molar refractivity (Wildman–Crippen MR) is 91.4 cm³/mol. The van der Waals surface area contributed by atoms with Gasteiger partial charge in [-0.25, -0.2) is 0 Å². The molecule has 0 heterocycles. The zero-order valence-electron chi connectivity index (χ0n) is 14.6. The molecule has 4 nitrogen and oxygen atoms in total. The zero-order chi connectivity index (χ0) is 16.4. The van der Waals surface area contributed by atoms with Gasteiger partial charge in [0.1, 0.15) is 0 Å². The van der Waals surface area contributed by atoms with Gasteiger partial charge < -0.3 is 14.2 Å². The van der Waals surface area contributed by atoms with Crippen LogP contribution in [0.1, 0.15) is 77.6 Å². The van der Waals surface area contributed by atoms with Crippen molar-refractivity contribution in [2.75, 3.05) is 14.2 Å². The number of unbranched alkanes of at least 4 members (excludes halogenated alkanes) is 4. The molecule has 0 radical (unpaired) electrons. The molecule has 2 atom stereocenters. The SMILES string of the molecule is CCCCCCCC(C(O)C1CCCCC1)P(=O)(OC)OC. The Morgan fingerprint density at radius 3 is 2.18 bits per heavy atom. The van der Waals surface area contributed by atoms with Crippen molar-refractivity contribution < 1.29 is 18.7 Å². The molecule has 0 spiro atoms. The fourth-order valence-electron chi connectivity index (χ4n) is 3.61. The summed E-state index contributed by atoms with van der Waals surface area (Å²) in [6, 6.07) is 0. The second-order valence-corrected chi connectivity index (χ2v) is 9.04. The Kier molecular flexibility index (Phi) is 9.90. The normalized spacial score (nSPS) is 20.0. The minimum Gasteiger partial charge on any atom is -0.392 e. The molecule has 0 saturated heterocycles. The van der Waals surface area contributed by atoms with Crippen molar-refractivity contribution in [3.63, 3.8) is 0 Å². The minimum atomic E-state index is -3.22. The summed E-state index contributed by atoms with van der Waals surface area (Å²) in [4.78, 5) is 0. The lowest BCUT2D eigenvalue weighted by Crippen LogP contribution is -2.35. The highest BCUT2D eigenvalue weighted by Crippen LogP contribution is 2.56. The molecule has 0 bridgehead atoms. The van der Waals surface area contributed by atoms with E-state index in [0.717, 1.165) is 44.9 Å². The molecule has 1 aliphatic rings. The minimum absolute atomic E-state index is 0.244. The molecule has 1 saturated carbocycles. The van der Waals surface area contributed by atoms with Crippen LogP contribution in [-0.2, 0) is 13.6 Å². The van der Waals surface area contributed by atoms with Gasteiger partial charge >= 0.3 is 7.60 Å². The number of hydrogen-bond donors (Lipinski definition) is 1. The summed E-state index contributed by atoms with van der Waals surface area (Å²) in [7, 11) is -0.355. The molecule has 1 fully saturated rings. The van der Waals surface area contributed by atoms with Crippen molar-refractivity contribution in [3.8, 4) is 0 Å². The molecule has 0 aromatic carbocycles. The highest BCUT2D eigenvalue weighted by molar-refractivity contribution is 7.54. The number of aliphatic hydroxyl groups is 1. The highest BCUT2D eigenvalue weighted by atomic mass is 31.2. The van der Waals surface area contributed by atoms with Crippen LogP contribution < -0.4 is 0 Å². The van der Waals surface area contributed by atoms with Crippen molar-refractivity contribution in [2.45, 2.75) is 89.3 Å². The second kappa shape index (κ2) is 10.8. The number of aliphatic hydroxyl groups excluding tert-OH is 1. The van der Waals surface area contributed by atoms with Crippen LogP contribution in [0, 0.1) is 5.92 Å². The third kappa shape index (κ3) is 5.96. The maximum absolute atomic E-state index is 12.9. The van der Waals surface area contributed by atoms with E-state index in [9.17, 15) is 9.67 Å². The smallest absolute Gasteiger partial charge is 0.335 e. The lowest BCUT2D eigenvalue weighted by atomic mass is 9.83. The summed E-state index contributed by atoms with van der Waals surface area (Å²) >= 11 is 0. The van der Waals surface area contributed by atoms with E-state index in [2.05, 4.69) is 6.92 Å². The zero-order valence-corrected chi connectivity index (χ0v) is 15.5. The molecule has 5 heteroatoms. The quantitative estimate of drug-likeness (QED) is 0.420. The van der Waals surface area contributed by atoms with E-state index in [-0.39, 0.29) is 11.6 Å². The third-order valence-electron chi connectivity index (χ3n) is 5.05. The average Bonchev–Trinajstić information content (AvgIpc) is 2.57. The van der Waals surface area contributed by atoms with Crippen LogP contribution in [-0.4, -0.2) is 31.1 Å². The van der Waals surface area contributed by atoms with Crippen molar-refractivity contribution in [1.82, 2.24) is 0 Å². The second-order valence-electron chi connectivity index (χ2n) is 6.56. The van der Waals surface area contributed by atoms with Crippen LogP contribution in [0.25, 0.3) is 0 Å². The van der Waals surface area contributed by atoms with E-state index in [1.54, 1.807) is 0 Å². The topological polar surface area (TPSA) is 55.8 Å². The van der Waals surface area contributed by atoms with Crippen molar-refractivity contribution in [3.05, 3.63) is 0 Å². The first kappa shape index (κ1) is 20.2. The van der Waals surface area contributed by atoms with E-state index >= 15 is 0 Å². The Hall–Kier alpha value is 0.110. The number of rotatable bonds is 11. The van der Waals surface area contributed by atoms with Gasteiger partial charge in [0.05, 0.1) is 11.8 Å². The van der Waals surface area contributed by atoms with Crippen LogP contribution in [0.2, 0.25) is 0 Å². The van der Waals surface area contributed by atoms with Crippen LogP contribution in [0.3, 0.4) is 0 Å². The summed E-state index contributed by atoms with van der Waals surface area (Å²) < 4.78 is 23.3. The Balaban J connectivity index is 2.65. The summed E-state index contributed by atoms with van der Waals surface area (Å²) in [6.45, 7) is 2.19. The number of hydrogen-bond acceptors (Lipinski definition) is 4. The van der Waals surface area contributed by atoms with Crippen molar-refractivity contribution in [2.24, 2.45) is 5.92 Å². The Labute approximate surface area is 136 Å². The van der Waals surface area contributed by atoms with Crippen molar-refractivity contribution >= 4 is 7.60 Å². The van der Waals surface area contributed by atoms with Crippen LogP contribution >= 0.6 is 7.60 Å². The summed E-state index contributed by atoms with van der Waals surface area (Å²) in [6.07, 6.45) is 11.5. The largest absolute Gasteiger partial charge is 0.392 e. The molecule has 2 unspecified atom stereocenters. The molecular formula is C17H35O4P. The maximum Gasteiger partial charge on any atom is 0.335 e. The molecule has 1 rings (SSSR count). The molecular weight excluding hydrogens is 299 g/mol. The fourth-order valence-corrected chi connectivity index (χ4v) is 5.42. The van der Waals surface area contributed by atoms with Gasteiger partial charge in [0.15, 0.2) is 0 Å². The van der Waals surface area contributed by atoms with Gasteiger partial charge in [0.25, 0.3) is 0 Å². The van der Waals surface area contributed by atoms with E-state index in [4.69, 9.17) is 9.05 Å². The Bertz CT molecular complexity index is 321. The first-order valence-corrected chi connectivity index (χ1v) is 10.6. The lowest BCUT2D eigenvalue weighted by Gasteiger charge is -2.34. The molecule has 22 heavy (non-hydrogen) atoms. The van der Waals surface area contributed by atoms with Crippen LogP contribution in [0.15, 0.2) is 0 Å². The van der Waals surface area contributed by atoms with E-state index in [1.165, 1.54) is 39.9 Å². The van der Waals surface area contributed by atoms with Gasteiger partial charge in [-0.1, -0.05) is 58.3 Å². The average molecular weight is 334 g/mol.